The summed E-state index contributed by atoms with van der Waals surface area (Å²) in [5, 5.41) is 20.3. The van der Waals surface area contributed by atoms with E-state index in [1.807, 2.05) is 6.07 Å². The van der Waals surface area contributed by atoms with Gasteiger partial charge in [0.25, 0.3) is 0 Å². The Morgan fingerprint density at radius 1 is 0.322 bits per heavy atom. The summed E-state index contributed by atoms with van der Waals surface area (Å²) in [7, 11) is 0. The number of hydrogen-bond donors (Lipinski definition) is 0. The zero-order chi connectivity index (χ0) is 38.7. The van der Waals surface area contributed by atoms with Gasteiger partial charge in [0, 0.05) is 38.7 Å². The van der Waals surface area contributed by atoms with Crippen molar-refractivity contribution in [2.45, 2.75) is 19.3 Å². The van der Waals surface area contributed by atoms with Crippen LogP contribution in [0.3, 0.4) is 0 Å². The van der Waals surface area contributed by atoms with E-state index in [4.69, 9.17) is 4.42 Å². The van der Waals surface area contributed by atoms with Crippen LogP contribution in [0, 0.1) is 0 Å². The van der Waals surface area contributed by atoms with Crippen LogP contribution in [0.15, 0.2) is 180 Å². The fraction of sp³-hybridized carbons (Fsp3) is 0.0526. The van der Waals surface area contributed by atoms with E-state index < -0.39 is 0 Å². The van der Waals surface area contributed by atoms with Gasteiger partial charge in [0.1, 0.15) is 11.2 Å². The lowest BCUT2D eigenvalue weighted by Gasteiger charge is -2.22. The van der Waals surface area contributed by atoms with Gasteiger partial charge in [-0.2, -0.15) is 0 Å². The van der Waals surface area contributed by atoms with Crippen LogP contribution in [0.1, 0.15) is 25.0 Å². The van der Waals surface area contributed by atoms with E-state index in [1.165, 1.54) is 109 Å². The van der Waals surface area contributed by atoms with E-state index in [-0.39, 0.29) is 5.41 Å². The topological polar surface area (TPSA) is 18.1 Å². The molecule has 2 aromatic heterocycles. The Morgan fingerprint density at radius 3 is 1.32 bits per heavy atom. The summed E-state index contributed by atoms with van der Waals surface area (Å²) in [5.74, 6) is 0. The van der Waals surface area contributed by atoms with Crippen LogP contribution in [0.2, 0.25) is 0 Å². The monoisotopic (exact) mass is 749 g/mol. The summed E-state index contributed by atoms with van der Waals surface area (Å²) in [6, 6.07) is 65.7. The molecule has 0 N–H and O–H groups in total. The molecule has 2 nitrogen and oxygen atoms in total. The molecule has 0 radical (unpaired) electrons. The van der Waals surface area contributed by atoms with Gasteiger partial charge in [-0.05, 0) is 141 Å². The number of furan rings is 1. The molecule has 0 unspecified atom stereocenters. The fourth-order valence-corrected chi connectivity index (χ4v) is 11.2. The largest absolute Gasteiger partial charge is 0.456 e. The summed E-state index contributed by atoms with van der Waals surface area (Å²) in [6.45, 7) is 4.83. The molecule has 59 heavy (non-hydrogen) atoms. The van der Waals surface area contributed by atoms with Crippen LogP contribution >= 0.6 is 0 Å². The van der Waals surface area contributed by atoms with Gasteiger partial charge >= 0.3 is 0 Å². The average Bonchev–Trinajstić information content (AvgIpc) is 3.88. The number of aromatic nitrogens is 1. The third kappa shape index (κ3) is 4.01. The number of nitrogens with zero attached hydrogens (tertiary/aromatic N) is 1. The molecule has 0 fully saturated rings. The van der Waals surface area contributed by atoms with Crippen molar-refractivity contribution in [3.05, 3.63) is 187 Å². The number of benzene rings is 11. The molecule has 0 amide bonds. The third-order valence-electron chi connectivity index (χ3n) is 13.9. The van der Waals surface area contributed by atoms with Crippen LogP contribution in [-0.4, -0.2) is 4.57 Å². The maximum absolute atomic E-state index is 6.53. The highest BCUT2D eigenvalue weighted by Crippen LogP contribution is 2.54. The molecule has 1 aliphatic carbocycles. The minimum Gasteiger partial charge on any atom is -0.456 e. The highest BCUT2D eigenvalue weighted by Gasteiger charge is 2.37. The van der Waals surface area contributed by atoms with Crippen molar-refractivity contribution < 1.29 is 4.42 Å². The zero-order valence-electron chi connectivity index (χ0n) is 32.6. The summed E-state index contributed by atoms with van der Waals surface area (Å²) >= 11 is 0. The van der Waals surface area contributed by atoms with Gasteiger partial charge in [-0.3, -0.25) is 0 Å². The van der Waals surface area contributed by atoms with Crippen molar-refractivity contribution in [2.24, 2.45) is 0 Å². The summed E-state index contributed by atoms with van der Waals surface area (Å²) < 4.78 is 9.02. The molecule has 13 aromatic rings. The van der Waals surface area contributed by atoms with Gasteiger partial charge < -0.3 is 8.98 Å². The standard InChI is InChI=1S/C57H35NO/c1-57(2)51-29-45-39-19-9-5-15-35(39)33-13-3-7-17-37(33)43(45)26-47(51)48-28-50-49-27-44-38-18-8-4-14-34(38)36-16-6-10-20-40(36)46(44)30-53(49)58(54(50)31-52(48)57)32-23-24-42-41-21-11-12-22-55(41)59-56(42)25-32/h3-31H,1-2H3. The minimum absolute atomic E-state index is 0.221. The van der Waals surface area contributed by atoms with E-state index in [2.05, 4.69) is 188 Å². The van der Waals surface area contributed by atoms with Crippen LogP contribution in [0.4, 0.5) is 0 Å². The second-order valence-electron chi connectivity index (χ2n) is 17.2. The zero-order valence-corrected chi connectivity index (χ0v) is 32.6. The quantitative estimate of drug-likeness (QED) is 0.153. The van der Waals surface area contributed by atoms with Crippen LogP contribution in [0.5, 0.6) is 0 Å². The first-order valence-electron chi connectivity index (χ1n) is 20.7. The first-order chi connectivity index (χ1) is 29.0. The fourth-order valence-electron chi connectivity index (χ4n) is 11.2. The number of rotatable bonds is 1. The smallest absolute Gasteiger partial charge is 0.137 e. The Bertz CT molecular complexity index is 4040. The highest BCUT2D eigenvalue weighted by molar-refractivity contribution is 6.30. The van der Waals surface area contributed by atoms with Crippen LogP contribution in [0.25, 0.3) is 125 Å². The molecule has 0 saturated carbocycles. The lowest BCUT2D eigenvalue weighted by molar-refractivity contribution is 0.661. The summed E-state index contributed by atoms with van der Waals surface area (Å²) in [5.41, 5.74) is 10.5. The predicted molar refractivity (Wildman–Crippen MR) is 251 cm³/mol. The maximum Gasteiger partial charge on any atom is 0.137 e. The molecule has 1 aliphatic rings. The van der Waals surface area contributed by atoms with Gasteiger partial charge in [0.15, 0.2) is 0 Å². The first-order valence-corrected chi connectivity index (χ1v) is 20.7. The highest BCUT2D eigenvalue weighted by atomic mass is 16.3. The van der Waals surface area contributed by atoms with E-state index in [0.29, 0.717) is 0 Å². The maximum atomic E-state index is 6.53. The molecule has 274 valence electrons. The number of para-hydroxylation sites is 1. The second kappa shape index (κ2) is 10.9. The summed E-state index contributed by atoms with van der Waals surface area (Å²) in [6.07, 6.45) is 0. The van der Waals surface area contributed by atoms with Crippen LogP contribution < -0.4 is 0 Å². The van der Waals surface area contributed by atoms with E-state index in [0.717, 1.165) is 27.6 Å². The van der Waals surface area contributed by atoms with Crippen molar-refractivity contribution >= 4 is 108 Å². The molecular formula is C57H35NO. The average molecular weight is 750 g/mol. The number of hydrogen-bond acceptors (Lipinski definition) is 1. The SMILES string of the molecule is CC1(C)c2cc3c4ccccc4c4ccccc4c3cc2-c2cc3c4cc5c6ccccc6c6ccccc6c5cc4n(-c4ccc5c(c4)oc4ccccc45)c3cc21. The predicted octanol–water partition coefficient (Wildman–Crippen LogP) is 15.9. The van der Waals surface area contributed by atoms with Crippen molar-refractivity contribution in [3.8, 4) is 16.8 Å². The van der Waals surface area contributed by atoms with Gasteiger partial charge in [0.05, 0.1) is 11.0 Å². The minimum atomic E-state index is -0.221. The molecule has 11 aromatic carbocycles. The Hall–Kier alpha value is -7.42. The van der Waals surface area contributed by atoms with Gasteiger partial charge in [-0.15, -0.1) is 0 Å². The Balaban J connectivity index is 1.13. The van der Waals surface area contributed by atoms with Crippen molar-refractivity contribution in [3.63, 3.8) is 0 Å². The van der Waals surface area contributed by atoms with Crippen LogP contribution in [-0.2, 0) is 5.41 Å². The molecule has 14 rings (SSSR count). The Morgan fingerprint density at radius 2 is 0.729 bits per heavy atom. The van der Waals surface area contributed by atoms with E-state index >= 15 is 0 Å². The lowest BCUT2D eigenvalue weighted by atomic mass is 9.81. The summed E-state index contributed by atoms with van der Waals surface area (Å²) in [4.78, 5) is 0. The van der Waals surface area contributed by atoms with E-state index in [9.17, 15) is 0 Å². The molecule has 0 saturated heterocycles. The van der Waals surface area contributed by atoms with Gasteiger partial charge in [-0.1, -0.05) is 129 Å². The molecule has 0 spiro atoms. The molecule has 2 heterocycles. The molecule has 0 bridgehead atoms. The normalized spacial score (nSPS) is 13.7. The molecule has 2 heteroatoms. The lowest BCUT2D eigenvalue weighted by Crippen LogP contribution is -2.15. The molecular weight excluding hydrogens is 715 g/mol. The van der Waals surface area contributed by atoms with Crippen molar-refractivity contribution in [1.29, 1.82) is 0 Å². The van der Waals surface area contributed by atoms with Crippen molar-refractivity contribution in [2.75, 3.05) is 0 Å². The Kier molecular flexibility index (Phi) is 5.87. The van der Waals surface area contributed by atoms with Crippen molar-refractivity contribution in [1.82, 2.24) is 4.57 Å². The van der Waals surface area contributed by atoms with Gasteiger partial charge in [-0.25, -0.2) is 0 Å². The van der Waals surface area contributed by atoms with E-state index in [1.54, 1.807) is 0 Å². The first kappa shape index (κ1) is 31.6. The molecule has 0 aliphatic heterocycles. The molecule has 0 atom stereocenters. The third-order valence-corrected chi connectivity index (χ3v) is 13.9. The second-order valence-corrected chi connectivity index (χ2v) is 17.2. The van der Waals surface area contributed by atoms with Gasteiger partial charge in [0.2, 0.25) is 0 Å². The Labute approximate surface area is 339 Å². The number of fused-ring (bicyclic) bond motifs is 21.